The number of rotatable bonds is 17. The molecule has 0 unspecified atom stereocenters. The van der Waals surface area contributed by atoms with E-state index in [1.165, 1.54) is 4.57 Å². The van der Waals surface area contributed by atoms with Crippen LogP contribution < -0.4 is 16.7 Å². The number of hydrogen-bond acceptors (Lipinski definition) is 9. The van der Waals surface area contributed by atoms with Gasteiger partial charge in [-0.15, -0.1) is 0 Å². The summed E-state index contributed by atoms with van der Waals surface area (Å²) in [4.78, 5) is 28.0. The molecule has 3 rings (SSSR count). The van der Waals surface area contributed by atoms with Crippen LogP contribution in [0.25, 0.3) is 11.2 Å². The van der Waals surface area contributed by atoms with Gasteiger partial charge in [-0.1, -0.05) is 19.4 Å². The van der Waals surface area contributed by atoms with Crippen LogP contribution in [0.3, 0.4) is 0 Å². The number of nitrogens with two attached hydrogens (primary N) is 1. The topological polar surface area (TPSA) is 142 Å². The normalized spacial score (nSPS) is 11.5. The van der Waals surface area contributed by atoms with Gasteiger partial charge in [0, 0.05) is 26.0 Å². The van der Waals surface area contributed by atoms with Crippen molar-refractivity contribution in [3.8, 4) is 0 Å². The van der Waals surface area contributed by atoms with Crippen LogP contribution in [0.4, 0.5) is 5.82 Å². The molecule has 0 aliphatic carbocycles. The van der Waals surface area contributed by atoms with Gasteiger partial charge in [-0.05, 0) is 37.9 Å². The molecule has 11 heteroatoms. The molecule has 4 N–H and O–H groups in total. The number of pyridine rings is 1. The van der Waals surface area contributed by atoms with Gasteiger partial charge in [-0.25, -0.2) is 14.8 Å². The molecule has 0 radical (unpaired) electrons. The molecular weight excluding hydrogens is 450 g/mol. The molecule has 0 bridgehead atoms. The predicted octanol–water partition coefficient (Wildman–Crippen LogP) is 1.78. The van der Waals surface area contributed by atoms with E-state index in [2.05, 4.69) is 32.2 Å². The Morgan fingerprint density at radius 2 is 1.74 bits per heavy atom. The maximum atomic E-state index is 12.4. The quantitative estimate of drug-likeness (QED) is 0.243. The Kier molecular flexibility index (Phi) is 11.1. The first-order valence-corrected chi connectivity index (χ1v) is 12.2. The number of imidazole rings is 1. The van der Waals surface area contributed by atoms with Crippen molar-refractivity contribution in [2.24, 2.45) is 0 Å². The maximum Gasteiger partial charge on any atom is 0.328 e. The van der Waals surface area contributed by atoms with Gasteiger partial charge in [-0.2, -0.15) is 0 Å². The summed E-state index contributed by atoms with van der Waals surface area (Å²) in [6.07, 6.45) is 4.98. The van der Waals surface area contributed by atoms with Crippen molar-refractivity contribution in [1.82, 2.24) is 29.8 Å². The largest absolute Gasteiger partial charge is 0.382 e. The lowest BCUT2D eigenvalue weighted by Gasteiger charge is -2.08. The maximum absolute atomic E-state index is 12.4. The summed E-state index contributed by atoms with van der Waals surface area (Å²) in [6.45, 7) is 9.69. The highest BCUT2D eigenvalue weighted by atomic mass is 16.5. The van der Waals surface area contributed by atoms with E-state index in [4.69, 9.17) is 19.9 Å². The molecule has 0 amide bonds. The van der Waals surface area contributed by atoms with Gasteiger partial charge in [0.1, 0.15) is 11.3 Å². The number of hydrogen-bond donors (Lipinski definition) is 3. The zero-order valence-electron chi connectivity index (χ0n) is 20.7. The zero-order chi connectivity index (χ0) is 24.9. The Hall–Kier alpha value is -2.86. The van der Waals surface area contributed by atoms with Crippen molar-refractivity contribution in [3.63, 3.8) is 0 Å². The van der Waals surface area contributed by atoms with Crippen LogP contribution in [0.1, 0.15) is 43.3 Å². The number of aromatic amines is 1. The number of H-pyrrole nitrogens is 1. The van der Waals surface area contributed by atoms with E-state index in [1.807, 2.05) is 18.3 Å². The number of aromatic nitrogens is 5. The lowest BCUT2D eigenvalue weighted by atomic mass is 10.2. The first-order chi connectivity index (χ1) is 17.1. The number of fused-ring (bicyclic) bond motifs is 1. The van der Waals surface area contributed by atoms with Gasteiger partial charge >= 0.3 is 5.69 Å². The third-order valence-corrected chi connectivity index (χ3v) is 5.33. The van der Waals surface area contributed by atoms with Crippen LogP contribution in [-0.2, 0) is 27.3 Å². The molecule has 3 aromatic rings. The average molecular weight is 488 g/mol. The fourth-order valence-electron chi connectivity index (χ4n) is 3.45. The second-order valence-corrected chi connectivity index (χ2v) is 8.25. The number of unbranched alkanes of at least 4 members (excludes halogenated alkanes) is 1. The van der Waals surface area contributed by atoms with Crippen LogP contribution in [0.2, 0.25) is 0 Å². The molecule has 11 nitrogen and oxygen atoms in total. The van der Waals surface area contributed by atoms with Crippen LogP contribution >= 0.6 is 0 Å². The number of aryl methyl sites for hydroxylation is 1. The molecule has 0 saturated carbocycles. The molecule has 35 heavy (non-hydrogen) atoms. The Bertz CT molecular complexity index is 1080. The molecule has 0 aliphatic heterocycles. The van der Waals surface area contributed by atoms with Gasteiger partial charge in [0.25, 0.3) is 0 Å². The monoisotopic (exact) mass is 487 g/mol. The highest BCUT2D eigenvalue weighted by Crippen LogP contribution is 2.14. The van der Waals surface area contributed by atoms with Crippen LogP contribution in [0.5, 0.6) is 0 Å². The lowest BCUT2D eigenvalue weighted by molar-refractivity contribution is 0.0137. The molecule has 3 aromatic heterocycles. The molecule has 192 valence electrons. The fraction of sp³-hybridized carbons (Fsp3) is 0.583. The van der Waals surface area contributed by atoms with Crippen LogP contribution in [0.15, 0.2) is 23.1 Å². The van der Waals surface area contributed by atoms with Crippen molar-refractivity contribution in [3.05, 3.63) is 45.9 Å². The minimum absolute atomic E-state index is 0.264. The van der Waals surface area contributed by atoms with Crippen LogP contribution in [-0.4, -0.2) is 70.7 Å². The fourth-order valence-corrected chi connectivity index (χ4v) is 3.45. The third-order valence-electron chi connectivity index (χ3n) is 5.33. The Morgan fingerprint density at radius 1 is 1.03 bits per heavy atom. The second kappa shape index (κ2) is 14.5. The zero-order valence-corrected chi connectivity index (χ0v) is 20.7. The summed E-state index contributed by atoms with van der Waals surface area (Å²) in [6, 6.07) is 3.92. The van der Waals surface area contributed by atoms with E-state index < -0.39 is 0 Å². The van der Waals surface area contributed by atoms with Crippen molar-refractivity contribution in [2.45, 2.75) is 46.2 Å². The molecular formula is C24H37N7O4. The highest BCUT2D eigenvalue weighted by molar-refractivity contribution is 5.81. The number of nitrogen functional groups attached to an aromatic ring is 1. The summed E-state index contributed by atoms with van der Waals surface area (Å²) >= 11 is 0. The van der Waals surface area contributed by atoms with Crippen molar-refractivity contribution in [2.75, 3.05) is 51.9 Å². The predicted molar refractivity (Wildman–Crippen MR) is 134 cm³/mol. The average Bonchev–Trinajstić information content (AvgIpc) is 3.15. The molecule has 3 heterocycles. The molecule has 0 saturated heterocycles. The number of ether oxygens (including phenoxy) is 3. The van der Waals surface area contributed by atoms with E-state index in [-0.39, 0.29) is 11.5 Å². The number of nitrogens with one attached hydrogen (secondary N) is 2. The van der Waals surface area contributed by atoms with E-state index in [9.17, 15) is 4.79 Å². The van der Waals surface area contributed by atoms with E-state index in [0.717, 1.165) is 43.7 Å². The highest BCUT2D eigenvalue weighted by Gasteiger charge is 2.13. The molecule has 0 aromatic carbocycles. The van der Waals surface area contributed by atoms with Crippen molar-refractivity contribution >= 4 is 17.0 Å². The minimum atomic E-state index is -0.288. The molecule has 0 spiro atoms. The second-order valence-electron chi connectivity index (χ2n) is 8.25. The van der Waals surface area contributed by atoms with Crippen molar-refractivity contribution < 1.29 is 14.2 Å². The summed E-state index contributed by atoms with van der Waals surface area (Å²) < 4.78 is 18.0. The molecule has 0 fully saturated rings. The summed E-state index contributed by atoms with van der Waals surface area (Å²) in [5, 5.41) is 3.39. The van der Waals surface area contributed by atoms with Gasteiger partial charge in [0.15, 0.2) is 11.5 Å². The number of nitrogens with zero attached hydrogens (tertiary/aromatic N) is 4. The minimum Gasteiger partial charge on any atom is -0.382 e. The van der Waals surface area contributed by atoms with Crippen LogP contribution in [0, 0.1) is 6.92 Å². The molecule has 0 aliphatic rings. The number of anilines is 1. The summed E-state index contributed by atoms with van der Waals surface area (Å²) in [5.41, 5.74) is 8.38. The van der Waals surface area contributed by atoms with Gasteiger partial charge in [0.05, 0.1) is 38.7 Å². The van der Waals surface area contributed by atoms with E-state index >= 15 is 0 Å². The standard InChI is InChI=1S/C24H37N7O4/c1-3-4-9-33-11-13-35-14-12-34-10-5-8-26-15-19-6-7-20(27-16-19)17-31-23-21(30-24(31)32)22(25)28-18(2)29-23/h6-7,16,26H,3-5,8-15,17H2,1-2H3,(H,30,32)(H2,25,28,29). The van der Waals surface area contributed by atoms with Gasteiger partial charge in [-0.3, -0.25) is 9.55 Å². The summed E-state index contributed by atoms with van der Waals surface area (Å²) in [5.74, 6) is 0.777. The summed E-state index contributed by atoms with van der Waals surface area (Å²) in [7, 11) is 0. The molecule has 0 atom stereocenters. The third kappa shape index (κ3) is 8.70. The Balaban J connectivity index is 1.29. The first kappa shape index (κ1) is 26.7. The van der Waals surface area contributed by atoms with Gasteiger partial charge in [0.2, 0.25) is 0 Å². The van der Waals surface area contributed by atoms with Gasteiger partial charge < -0.3 is 30.2 Å². The Labute approximate surface area is 205 Å². The van der Waals surface area contributed by atoms with Crippen molar-refractivity contribution in [1.29, 1.82) is 0 Å². The lowest BCUT2D eigenvalue weighted by Crippen LogP contribution is -2.19. The van der Waals surface area contributed by atoms with E-state index in [1.54, 1.807) is 6.92 Å². The first-order valence-electron chi connectivity index (χ1n) is 12.2. The SMILES string of the molecule is CCCCOCCOCCOCCCNCc1ccc(Cn2c(=O)[nH]c3c(N)nc(C)nc32)nc1. The van der Waals surface area contributed by atoms with E-state index in [0.29, 0.717) is 63.1 Å². The Morgan fingerprint density at radius 3 is 2.43 bits per heavy atom. The smallest absolute Gasteiger partial charge is 0.328 e.